The molecule has 0 saturated carbocycles. The maximum atomic E-state index is 5.99. The average Bonchev–Trinajstić information content (AvgIpc) is 2.80. The number of nitrogens with one attached hydrogen (secondary N) is 1. The highest BCUT2D eigenvalue weighted by molar-refractivity contribution is 5.90. The first-order chi connectivity index (χ1) is 14.4. The van der Waals surface area contributed by atoms with Gasteiger partial charge in [-0.05, 0) is 41.0 Å². The molecule has 142 valence electrons. The molecule has 1 N–H and O–H groups in total. The van der Waals surface area contributed by atoms with E-state index in [1.54, 1.807) is 0 Å². The van der Waals surface area contributed by atoms with E-state index in [0.717, 1.165) is 33.7 Å². The molecule has 29 heavy (non-hydrogen) atoms. The third-order valence-electron chi connectivity index (χ3n) is 4.53. The molecule has 0 aliphatic rings. The second-order valence-electron chi connectivity index (χ2n) is 6.63. The summed E-state index contributed by atoms with van der Waals surface area (Å²) in [5, 5.41) is 4.39. The van der Waals surface area contributed by atoms with Crippen LogP contribution in [0.5, 0.6) is 5.75 Å². The molecule has 0 spiro atoms. The number of hydrogen-bond donors (Lipinski definition) is 1. The van der Waals surface area contributed by atoms with Gasteiger partial charge in [-0.15, -0.1) is 0 Å². The molecule has 0 atom stereocenters. The smallest absolute Gasteiger partial charge is 0.120 e. The van der Waals surface area contributed by atoms with Crippen LogP contribution in [-0.4, -0.2) is 6.21 Å². The summed E-state index contributed by atoms with van der Waals surface area (Å²) < 4.78 is 5.99. The SMILES string of the molecule is C(=NNc1ccccc1)c1ccccc1-c1cccc(OCc2ccccc2)c1. The summed E-state index contributed by atoms with van der Waals surface area (Å²) in [6.07, 6.45) is 1.85. The van der Waals surface area contributed by atoms with Crippen LogP contribution in [0, 0.1) is 0 Å². The third-order valence-corrected chi connectivity index (χ3v) is 4.53. The van der Waals surface area contributed by atoms with Gasteiger partial charge in [0.25, 0.3) is 0 Å². The number of ether oxygens (including phenoxy) is 1. The van der Waals surface area contributed by atoms with E-state index in [-0.39, 0.29) is 0 Å². The van der Waals surface area contributed by atoms with Crippen LogP contribution in [-0.2, 0) is 6.61 Å². The first-order valence-electron chi connectivity index (χ1n) is 9.59. The van der Waals surface area contributed by atoms with Crippen LogP contribution in [0.3, 0.4) is 0 Å². The Hall–Kier alpha value is -3.85. The van der Waals surface area contributed by atoms with Crippen LogP contribution < -0.4 is 10.2 Å². The summed E-state index contributed by atoms with van der Waals surface area (Å²) in [4.78, 5) is 0. The minimum atomic E-state index is 0.550. The zero-order valence-corrected chi connectivity index (χ0v) is 16.0. The van der Waals surface area contributed by atoms with Gasteiger partial charge in [0.15, 0.2) is 0 Å². The second-order valence-corrected chi connectivity index (χ2v) is 6.63. The highest BCUT2D eigenvalue weighted by atomic mass is 16.5. The van der Waals surface area contributed by atoms with E-state index in [0.29, 0.717) is 6.61 Å². The molecule has 0 radical (unpaired) electrons. The van der Waals surface area contributed by atoms with Crippen molar-refractivity contribution in [2.75, 3.05) is 5.43 Å². The lowest BCUT2D eigenvalue weighted by Gasteiger charge is -2.10. The number of anilines is 1. The van der Waals surface area contributed by atoms with Crippen LogP contribution >= 0.6 is 0 Å². The van der Waals surface area contributed by atoms with Gasteiger partial charge in [0.05, 0.1) is 11.9 Å². The standard InChI is InChI=1S/C26H22N2O/c1-3-10-21(11-4-1)20-29-25-16-9-13-22(18-25)26-17-8-7-12-23(26)19-27-28-24-14-5-2-6-15-24/h1-19,28H,20H2. The number of nitrogens with zero attached hydrogens (tertiary/aromatic N) is 1. The Morgan fingerprint density at radius 2 is 1.45 bits per heavy atom. The topological polar surface area (TPSA) is 33.6 Å². The van der Waals surface area contributed by atoms with Crippen LogP contribution in [0.4, 0.5) is 5.69 Å². The zero-order chi connectivity index (χ0) is 19.7. The Bertz CT molecular complexity index is 1080. The van der Waals surface area contributed by atoms with Gasteiger partial charge in [-0.3, -0.25) is 5.43 Å². The summed E-state index contributed by atoms with van der Waals surface area (Å²) in [5.74, 6) is 0.848. The molecule has 0 fully saturated rings. The van der Waals surface area contributed by atoms with Crippen molar-refractivity contribution < 1.29 is 4.74 Å². The molecule has 0 heterocycles. The zero-order valence-electron chi connectivity index (χ0n) is 16.0. The van der Waals surface area contributed by atoms with Gasteiger partial charge in [-0.2, -0.15) is 5.10 Å². The van der Waals surface area contributed by atoms with Gasteiger partial charge in [0.2, 0.25) is 0 Å². The summed E-state index contributed by atoms with van der Waals surface area (Å²) in [6, 6.07) is 36.5. The molecule has 4 aromatic rings. The Morgan fingerprint density at radius 3 is 2.28 bits per heavy atom. The van der Waals surface area contributed by atoms with Crippen molar-refractivity contribution in [2.24, 2.45) is 5.10 Å². The van der Waals surface area contributed by atoms with Crippen molar-refractivity contribution in [2.45, 2.75) is 6.61 Å². The molecule has 0 saturated heterocycles. The Balaban J connectivity index is 1.51. The fourth-order valence-electron chi connectivity index (χ4n) is 3.06. The lowest BCUT2D eigenvalue weighted by molar-refractivity contribution is 0.306. The highest BCUT2D eigenvalue weighted by Crippen LogP contribution is 2.26. The number of para-hydroxylation sites is 1. The van der Waals surface area contributed by atoms with E-state index in [1.807, 2.05) is 79.0 Å². The van der Waals surface area contributed by atoms with Gasteiger partial charge in [0.1, 0.15) is 12.4 Å². The van der Waals surface area contributed by atoms with Crippen LogP contribution in [0.25, 0.3) is 11.1 Å². The van der Waals surface area contributed by atoms with Gasteiger partial charge >= 0.3 is 0 Å². The third kappa shape index (κ3) is 5.11. The lowest BCUT2D eigenvalue weighted by atomic mass is 10.0. The average molecular weight is 378 g/mol. The minimum Gasteiger partial charge on any atom is -0.489 e. The molecule has 0 bridgehead atoms. The molecule has 0 aliphatic heterocycles. The van der Waals surface area contributed by atoms with Crippen molar-refractivity contribution in [3.8, 4) is 16.9 Å². The minimum absolute atomic E-state index is 0.550. The van der Waals surface area contributed by atoms with E-state index in [1.165, 1.54) is 0 Å². The van der Waals surface area contributed by atoms with E-state index < -0.39 is 0 Å². The Kier molecular flexibility index (Phi) is 5.99. The predicted octanol–water partition coefficient (Wildman–Crippen LogP) is 6.38. The van der Waals surface area contributed by atoms with Crippen LogP contribution in [0.15, 0.2) is 114 Å². The van der Waals surface area contributed by atoms with Crippen molar-refractivity contribution in [1.82, 2.24) is 0 Å². The summed E-state index contributed by atoms with van der Waals surface area (Å²) in [5.41, 5.74) is 8.41. The maximum Gasteiger partial charge on any atom is 0.120 e. The molecule has 3 nitrogen and oxygen atoms in total. The first-order valence-corrected chi connectivity index (χ1v) is 9.59. The molecule has 4 aromatic carbocycles. The van der Waals surface area contributed by atoms with E-state index in [4.69, 9.17) is 4.74 Å². The van der Waals surface area contributed by atoms with Crippen LogP contribution in [0.2, 0.25) is 0 Å². The molecule has 4 rings (SSSR count). The second kappa shape index (κ2) is 9.38. The number of hydrogen-bond acceptors (Lipinski definition) is 3. The molecule has 0 amide bonds. The largest absolute Gasteiger partial charge is 0.489 e. The summed E-state index contributed by atoms with van der Waals surface area (Å²) >= 11 is 0. The maximum absolute atomic E-state index is 5.99. The fourth-order valence-corrected chi connectivity index (χ4v) is 3.06. The quantitative estimate of drug-likeness (QED) is 0.299. The monoisotopic (exact) mass is 378 g/mol. The number of rotatable bonds is 7. The molecule has 0 aliphatic carbocycles. The fraction of sp³-hybridized carbons (Fsp3) is 0.0385. The summed E-state index contributed by atoms with van der Waals surface area (Å²) in [6.45, 7) is 0.550. The van der Waals surface area contributed by atoms with E-state index in [9.17, 15) is 0 Å². The molecular formula is C26H22N2O. The lowest BCUT2D eigenvalue weighted by Crippen LogP contribution is -1.96. The van der Waals surface area contributed by atoms with Gasteiger partial charge < -0.3 is 4.74 Å². The van der Waals surface area contributed by atoms with Crippen molar-refractivity contribution in [1.29, 1.82) is 0 Å². The molecule has 0 aromatic heterocycles. The van der Waals surface area contributed by atoms with Crippen molar-refractivity contribution in [3.05, 3.63) is 120 Å². The van der Waals surface area contributed by atoms with Crippen molar-refractivity contribution >= 4 is 11.9 Å². The summed E-state index contributed by atoms with van der Waals surface area (Å²) in [7, 11) is 0. The molecule has 3 heteroatoms. The van der Waals surface area contributed by atoms with Gasteiger partial charge in [-0.25, -0.2) is 0 Å². The predicted molar refractivity (Wildman–Crippen MR) is 120 cm³/mol. The Morgan fingerprint density at radius 1 is 0.724 bits per heavy atom. The normalized spacial score (nSPS) is 10.8. The first kappa shape index (κ1) is 18.5. The van der Waals surface area contributed by atoms with Crippen LogP contribution in [0.1, 0.15) is 11.1 Å². The van der Waals surface area contributed by atoms with Gasteiger partial charge in [0, 0.05) is 5.56 Å². The number of hydrazone groups is 1. The highest BCUT2D eigenvalue weighted by Gasteiger charge is 2.05. The molecular weight excluding hydrogens is 356 g/mol. The number of benzene rings is 4. The van der Waals surface area contributed by atoms with E-state index >= 15 is 0 Å². The Labute approximate surface area is 171 Å². The van der Waals surface area contributed by atoms with Gasteiger partial charge in [-0.1, -0.05) is 84.9 Å². The van der Waals surface area contributed by atoms with Crippen molar-refractivity contribution in [3.63, 3.8) is 0 Å². The molecule has 0 unspecified atom stereocenters. The van der Waals surface area contributed by atoms with E-state index in [2.05, 4.69) is 46.9 Å².